The van der Waals surface area contributed by atoms with Gasteiger partial charge in [0.1, 0.15) is 12.4 Å². The number of hydrogen-bond acceptors (Lipinski definition) is 4. The van der Waals surface area contributed by atoms with Gasteiger partial charge in [0, 0.05) is 18.6 Å². The molecule has 108 valence electrons. The monoisotopic (exact) mass is 276 g/mol. The van der Waals surface area contributed by atoms with Crippen molar-refractivity contribution >= 4 is 0 Å². The minimum absolute atomic E-state index is 0.0887. The molecule has 0 amide bonds. The summed E-state index contributed by atoms with van der Waals surface area (Å²) in [6, 6.07) is 7.62. The van der Waals surface area contributed by atoms with Gasteiger partial charge in [-0.25, -0.2) is 0 Å². The van der Waals surface area contributed by atoms with Crippen molar-refractivity contribution in [3.63, 3.8) is 0 Å². The van der Waals surface area contributed by atoms with Gasteiger partial charge in [-0.05, 0) is 24.6 Å². The first-order valence-corrected chi connectivity index (χ1v) is 6.90. The third-order valence-corrected chi connectivity index (χ3v) is 2.90. The van der Waals surface area contributed by atoms with Crippen LogP contribution in [0.2, 0.25) is 0 Å². The second-order valence-corrected chi connectivity index (χ2v) is 4.51. The van der Waals surface area contributed by atoms with Crippen molar-refractivity contribution in [3.05, 3.63) is 29.8 Å². The van der Waals surface area contributed by atoms with E-state index in [1.54, 1.807) is 0 Å². The Labute approximate surface area is 119 Å². The van der Waals surface area contributed by atoms with Crippen molar-refractivity contribution in [2.45, 2.75) is 18.9 Å². The molecule has 20 heavy (non-hydrogen) atoms. The molecule has 0 bridgehead atoms. The van der Waals surface area contributed by atoms with E-state index in [4.69, 9.17) is 19.3 Å². The molecule has 0 aromatic heterocycles. The number of rotatable bonds is 6. The van der Waals surface area contributed by atoms with E-state index in [9.17, 15) is 0 Å². The summed E-state index contributed by atoms with van der Waals surface area (Å²) in [6.45, 7) is 2.65. The number of ether oxygens (including phenoxy) is 3. The van der Waals surface area contributed by atoms with Crippen LogP contribution in [0.25, 0.3) is 0 Å². The minimum Gasteiger partial charge on any atom is -0.491 e. The summed E-state index contributed by atoms with van der Waals surface area (Å²) in [5.41, 5.74) is 0.890. The van der Waals surface area contributed by atoms with Crippen LogP contribution < -0.4 is 4.74 Å². The van der Waals surface area contributed by atoms with Crippen LogP contribution in [-0.4, -0.2) is 44.2 Å². The van der Waals surface area contributed by atoms with Gasteiger partial charge >= 0.3 is 0 Å². The summed E-state index contributed by atoms with van der Waals surface area (Å²) in [6.07, 6.45) is 1.67. The highest BCUT2D eigenvalue weighted by Gasteiger charge is 2.15. The van der Waals surface area contributed by atoms with E-state index in [0.29, 0.717) is 26.2 Å². The first-order chi connectivity index (χ1) is 9.88. The molecular formula is C16H20O4. The SMILES string of the molecule is OCCC#Cc1cccc(OCCOC2CCOC2)c1. The lowest BCUT2D eigenvalue weighted by Crippen LogP contribution is -2.17. The van der Waals surface area contributed by atoms with Crippen LogP contribution in [0.5, 0.6) is 5.75 Å². The maximum absolute atomic E-state index is 8.68. The van der Waals surface area contributed by atoms with Crippen molar-refractivity contribution < 1.29 is 19.3 Å². The van der Waals surface area contributed by atoms with E-state index in [1.807, 2.05) is 24.3 Å². The summed E-state index contributed by atoms with van der Waals surface area (Å²) in [7, 11) is 0. The Morgan fingerprint density at radius 2 is 2.30 bits per heavy atom. The Bertz CT molecular complexity index is 455. The Kier molecular flexibility index (Phi) is 6.39. The molecule has 0 saturated carbocycles. The van der Waals surface area contributed by atoms with Crippen molar-refractivity contribution in [1.29, 1.82) is 0 Å². The molecular weight excluding hydrogens is 256 g/mol. The third kappa shape index (κ3) is 5.22. The van der Waals surface area contributed by atoms with Crippen LogP contribution in [-0.2, 0) is 9.47 Å². The molecule has 2 rings (SSSR count). The maximum atomic E-state index is 8.68. The Hall–Kier alpha value is -1.54. The molecule has 0 spiro atoms. The van der Waals surface area contributed by atoms with Gasteiger partial charge in [0.05, 0.1) is 25.9 Å². The predicted molar refractivity (Wildman–Crippen MR) is 75.7 cm³/mol. The zero-order valence-corrected chi connectivity index (χ0v) is 11.5. The van der Waals surface area contributed by atoms with Crippen molar-refractivity contribution in [2.24, 2.45) is 0 Å². The van der Waals surface area contributed by atoms with Crippen molar-refractivity contribution in [2.75, 3.05) is 33.0 Å². The largest absolute Gasteiger partial charge is 0.491 e. The lowest BCUT2D eigenvalue weighted by atomic mass is 10.2. The van der Waals surface area contributed by atoms with Gasteiger partial charge in [0.2, 0.25) is 0 Å². The summed E-state index contributed by atoms with van der Waals surface area (Å²) >= 11 is 0. The van der Waals surface area contributed by atoms with E-state index in [0.717, 1.165) is 24.3 Å². The van der Waals surface area contributed by atoms with Gasteiger partial charge in [-0.3, -0.25) is 0 Å². The van der Waals surface area contributed by atoms with Crippen molar-refractivity contribution in [1.82, 2.24) is 0 Å². The molecule has 1 N–H and O–H groups in total. The van der Waals surface area contributed by atoms with Gasteiger partial charge in [-0.2, -0.15) is 0 Å². The predicted octanol–water partition coefficient (Wildman–Crippen LogP) is 1.60. The summed E-state index contributed by atoms with van der Waals surface area (Å²) in [4.78, 5) is 0. The van der Waals surface area contributed by atoms with Crippen LogP contribution in [0.3, 0.4) is 0 Å². The van der Waals surface area contributed by atoms with E-state index >= 15 is 0 Å². The second kappa shape index (κ2) is 8.60. The highest BCUT2D eigenvalue weighted by Crippen LogP contribution is 2.13. The molecule has 1 fully saturated rings. The molecule has 1 heterocycles. The van der Waals surface area contributed by atoms with Gasteiger partial charge < -0.3 is 19.3 Å². The van der Waals surface area contributed by atoms with E-state index in [2.05, 4.69) is 11.8 Å². The van der Waals surface area contributed by atoms with Crippen LogP contribution in [0.15, 0.2) is 24.3 Å². The topological polar surface area (TPSA) is 47.9 Å². The normalized spacial score (nSPS) is 17.6. The molecule has 1 aromatic carbocycles. The Morgan fingerprint density at radius 3 is 3.10 bits per heavy atom. The van der Waals surface area contributed by atoms with Gasteiger partial charge in [-0.1, -0.05) is 17.9 Å². The molecule has 4 nitrogen and oxygen atoms in total. The Morgan fingerprint density at radius 1 is 1.35 bits per heavy atom. The molecule has 1 aliphatic heterocycles. The fourth-order valence-electron chi connectivity index (χ4n) is 1.90. The summed E-state index contributed by atoms with van der Waals surface area (Å²) in [5.74, 6) is 6.66. The number of aliphatic hydroxyl groups is 1. The quantitative estimate of drug-likeness (QED) is 0.633. The highest BCUT2D eigenvalue weighted by atomic mass is 16.6. The van der Waals surface area contributed by atoms with E-state index in [1.165, 1.54) is 0 Å². The first-order valence-electron chi connectivity index (χ1n) is 6.90. The Balaban J connectivity index is 1.72. The fraction of sp³-hybridized carbons (Fsp3) is 0.500. The van der Waals surface area contributed by atoms with E-state index < -0.39 is 0 Å². The van der Waals surface area contributed by atoms with Crippen LogP contribution >= 0.6 is 0 Å². The molecule has 1 saturated heterocycles. The summed E-state index contributed by atoms with van der Waals surface area (Å²) in [5, 5.41) is 8.68. The average Bonchev–Trinajstić information content (AvgIpc) is 2.98. The van der Waals surface area contributed by atoms with Crippen LogP contribution in [0, 0.1) is 11.8 Å². The first kappa shape index (κ1) is 14.9. The fourth-order valence-corrected chi connectivity index (χ4v) is 1.90. The molecule has 4 heteroatoms. The van der Waals surface area contributed by atoms with Gasteiger partial charge in [-0.15, -0.1) is 0 Å². The molecule has 1 aromatic rings. The zero-order chi connectivity index (χ0) is 14.0. The van der Waals surface area contributed by atoms with Crippen LogP contribution in [0.1, 0.15) is 18.4 Å². The summed E-state index contributed by atoms with van der Waals surface area (Å²) < 4.78 is 16.5. The lowest BCUT2D eigenvalue weighted by Gasteiger charge is -2.10. The number of benzene rings is 1. The molecule has 1 unspecified atom stereocenters. The molecule has 0 aliphatic carbocycles. The lowest BCUT2D eigenvalue weighted by molar-refractivity contribution is 0.0265. The molecule has 1 aliphatic rings. The average molecular weight is 276 g/mol. The second-order valence-electron chi connectivity index (χ2n) is 4.51. The van der Waals surface area contributed by atoms with Crippen molar-refractivity contribution in [3.8, 4) is 17.6 Å². The minimum atomic E-state index is 0.0887. The van der Waals surface area contributed by atoms with E-state index in [-0.39, 0.29) is 12.7 Å². The molecule has 1 atom stereocenters. The maximum Gasteiger partial charge on any atom is 0.120 e. The number of hydrogen-bond donors (Lipinski definition) is 1. The highest BCUT2D eigenvalue weighted by molar-refractivity contribution is 5.39. The standard InChI is InChI=1S/C16H20O4/c17-8-2-1-4-14-5-3-6-15(12-14)19-10-11-20-16-7-9-18-13-16/h3,5-6,12,16-17H,2,7-11,13H2. The van der Waals surface area contributed by atoms with Crippen LogP contribution in [0.4, 0.5) is 0 Å². The zero-order valence-electron chi connectivity index (χ0n) is 11.5. The van der Waals surface area contributed by atoms with Gasteiger partial charge in [0.25, 0.3) is 0 Å². The third-order valence-electron chi connectivity index (χ3n) is 2.90. The van der Waals surface area contributed by atoms with Gasteiger partial charge in [0.15, 0.2) is 0 Å². The smallest absolute Gasteiger partial charge is 0.120 e. The molecule has 0 radical (unpaired) electrons. The number of aliphatic hydroxyl groups excluding tert-OH is 1.